The Morgan fingerprint density at radius 2 is 1.08 bits per heavy atom. The van der Waals surface area contributed by atoms with Gasteiger partial charge in [0.2, 0.25) is 0 Å². The summed E-state index contributed by atoms with van der Waals surface area (Å²) in [6, 6.07) is 8.77. The number of carboxylic acid groups (broad SMARTS) is 2. The molecule has 0 saturated heterocycles. The predicted octanol–water partition coefficient (Wildman–Crippen LogP) is 10.3. The van der Waals surface area contributed by atoms with Crippen molar-refractivity contribution in [1.82, 2.24) is 9.80 Å². The number of hydrogen-bond acceptors (Lipinski definition) is 8. The van der Waals surface area contributed by atoms with E-state index in [1.165, 1.54) is 36.8 Å². The third-order valence-corrected chi connectivity index (χ3v) is 11.9. The Kier molecular flexibility index (Phi) is 23.4. The number of aliphatic carboxylic acids is 2. The Labute approximate surface area is 373 Å². The second kappa shape index (κ2) is 25.6. The minimum absolute atomic E-state index is 0. The monoisotopic (exact) mass is 880 g/mol. The fraction of sp³-hybridized carbons (Fsp3) is 0.673. The molecule has 1 saturated carbocycles. The second-order valence-corrected chi connectivity index (χ2v) is 19.4. The maximum atomic E-state index is 11.4. The van der Waals surface area contributed by atoms with Gasteiger partial charge in [-0.05, 0) is 144 Å². The number of hydrogen-bond donors (Lipinski definition) is 4. The first-order valence-corrected chi connectivity index (χ1v) is 22.2. The zero-order valence-electron chi connectivity index (χ0n) is 39.2. The molecule has 60 heavy (non-hydrogen) atoms. The number of phenols is 2. The van der Waals surface area contributed by atoms with Crippen molar-refractivity contribution in [2.75, 3.05) is 40.3 Å². The number of carbonyl (C=O) groups is 2. The molecule has 0 spiro atoms. The molecule has 2 aromatic rings. The molecule has 3 rings (SSSR count). The van der Waals surface area contributed by atoms with Gasteiger partial charge in [-0.15, -0.1) is 0 Å². The second-order valence-electron chi connectivity index (χ2n) is 19.4. The van der Waals surface area contributed by atoms with E-state index in [0.29, 0.717) is 11.5 Å². The molecule has 11 heteroatoms. The van der Waals surface area contributed by atoms with Crippen LogP contribution in [-0.4, -0.2) is 107 Å². The Morgan fingerprint density at radius 1 is 0.667 bits per heavy atom. The zero-order chi connectivity index (χ0) is 44.6. The molecule has 2 unspecified atom stereocenters. The van der Waals surface area contributed by atoms with Crippen molar-refractivity contribution in [3.05, 3.63) is 57.6 Å². The predicted molar refractivity (Wildman–Crippen MR) is 245 cm³/mol. The first kappa shape index (κ1) is 54.8. The summed E-state index contributed by atoms with van der Waals surface area (Å²) >= 11 is 0. The van der Waals surface area contributed by atoms with Crippen molar-refractivity contribution < 1.29 is 46.8 Å². The molecule has 1 aliphatic carbocycles. The summed E-state index contributed by atoms with van der Waals surface area (Å²) in [5.41, 5.74) is 5.74. The average molecular weight is 880 g/mol. The normalized spacial score (nSPS) is 16.3. The van der Waals surface area contributed by atoms with Crippen molar-refractivity contribution in [2.45, 2.75) is 175 Å². The van der Waals surface area contributed by atoms with Crippen LogP contribution in [-0.2, 0) is 42.6 Å². The van der Waals surface area contributed by atoms with Crippen LogP contribution in [0.2, 0.25) is 0 Å². The molecule has 0 amide bonds. The number of carboxylic acids is 2. The van der Waals surface area contributed by atoms with Gasteiger partial charge in [0.1, 0.15) is 11.5 Å². The largest absolute Gasteiger partial charge is 0.507 e. The van der Waals surface area contributed by atoms with Gasteiger partial charge < -0.3 is 30.2 Å². The van der Waals surface area contributed by atoms with Crippen LogP contribution < -0.4 is 0 Å². The van der Waals surface area contributed by atoms with Gasteiger partial charge in [-0.25, -0.2) is 9.59 Å². The summed E-state index contributed by atoms with van der Waals surface area (Å²) in [6.07, 6.45) is 17.5. The molecule has 1 fully saturated rings. The van der Waals surface area contributed by atoms with Crippen molar-refractivity contribution in [1.29, 1.82) is 0 Å². The van der Waals surface area contributed by atoms with Crippen molar-refractivity contribution in [3.63, 3.8) is 0 Å². The molecule has 2 aromatic carbocycles. The third-order valence-electron chi connectivity index (χ3n) is 11.9. The molecule has 0 bridgehead atoms. The fourth-order valence-electron chi connectivity index (χ4n) is 7.78. The summed E-state index contributed by atoms with van der Waals surface area (Å²) in [7, 11) is 4.51. The topological polar surface area (TPSA) is 146 Å². The number of unbranched alkanes of at least 4 members (excludes halogenated alkanes) is 2. The minimum Gasteiger partial charge on any atom is -0.507 e. The first-order valence-electron chi connectivity index (χ1n) is 22.2. The van der Waals surface area contributed by atoms with E-state index in [2.05, 4.69) is 110 Å². The standard InChI is InChI=1S/C47H78N4O2.C2H2O4.Co/c1-13-15-25-50(11)27-19-23-47(10,24-20-28-51(12)26-16-14-2)39-29-35(3)43(52)36(31-39)33-48-41-21-17-18-22-42(41)49-34-37-30-38(45(4,5)6)32-40(44(37)53)46(7,8)9;3-1(4)2(5)6;/h29-34,41-42,52-53H,13-28H2,1-12H3;(H,3,4)(H,5,6);. The van der Waals surface area contributed by atoms with Crippen LogP contribution in [0, 0.1) is 6.92 Å². The van der Waals surface area contributed by atoms with E-state index in [1.54, 1.807) is 0 Å². The Hall–Kier alpha value is -3.25. The van der Waals surface area contributed by atoms with Crippen LogP contribution in [0.15, 0.2) is 34.3 Å². The van der Waals surface area contributed by atoms with Crippen molar-refractivity contribution in [3.8, 4) is 11.5 Å². The van der Waals surface area contributed by atoms with E-state index in [4.69, 9.17) is 29.8 Å². The van der Waals surface area contributed by atoms with Crippen molar-refractivity contribution >= 4 is 24.4 Å². The van der Waals surface area contributed by atoms with Crippen molar-refractivity contribution in [2.24, 2.45) is 9.98 Å². The van der Waals surface area contributed by atoms with Gasteiger partial charge in [0.15, 0.2) is 0 Å². The molecule has 0 aliphatic heterocycles. The molecular weight excluding hydrogens is 799 g/mol. The Morgan fingerprint density at radius 3 is 1.48 bits per heavy atom. The quantitative estimate of drug-likeness (QED) is 0.0806. The molecule has 1 aliphatic rings. The fourth-order valence-corrected chi connectivity index (χ4v) is 7.78. The van der Waals surface area contributed by atoms with E-state index >= 15 is 0 Å². The van der Waals surface area contributed by atoms with Gasteiger partial charge in [0.25, 0.3) is 0 Å². The van der Waals surface area contributed by atoms with Gasteiger partial charge in [-0.3, -0.25) is 9.98 Å². The van der Waals surface area contributed by atoms with Crippen LogP contribution >= 0.6 is 0 Å². The van der Waals surface area contributed by atoms with Gasteiger partial charge in [-0.2, -0.15) is 0 Å². The number of rotatable bonds is 19. The van der Waals surface area contributed by atoms with E-state index in [1.807, 2.05) is 19.4 Å². The summed E-state index contributed by atoms with van der Waals surface area (Å²) in [5, 5.41) is 37.5. The van der Waals surface area contributed by atoms with Crippen LogP contribution in [0.3, 0.4) is 0 Å². The number of aromatic hydroxyl groups is 2. The molecular formula is C49H80CoN4O6. The third kappa shape index (κ3) is 18.0. The summed E-state index contributed by atoms with van der Waals surface area (Å²) in [4.78, 5) is 33.4. The van der Waals surface area contributed by atoms with Crippen LogP contribution in [0.25, 0.3) is 0 Å². The SMILES string of the molecule is CCCCN(C)CCCC(C)(CCCN(C)CCCC)c1cc(C)c(O)c(C=NC2CCCCC2N=Cc2cc(C(C)(C)C)cc(C(C)(C)C)c2O)c1.O=C(O)C(=O)O.[Co]. The van der Waals surface area contributed by atoms with Crippen LogP contribution in [0.1, 0.15) is 173 Å². The zero-order valence-corrected chi connectivity index (χ0v) is 40.2. The Balaban J connectivity index is 0.00000238. The van der Waals surface area contributed by atoms with Crippen LogP contribution in [0.5, 0.6) is 11.5 Å². The number of aryl methyl sites for hydroxylation is 1. The maximum Gasteiger partial charge on any atom is 0.414 e. The van der Waals surface area contributed by atoms with Gasteiger partial charge in [0.05, 0.1) is 12.1 Å². The molecule has 10 nitrogen and oxygen atoms in total. The molecule has 2 atom stereocenters. The molecule has 0 aromatic heterocycles. The smallest absolute Gasteiger partial charge is 0.414 e. The summed E-state index contributed by atoms with van der Waals surface area (Å²) in [5.74, 6) is -3.00. The van der Waals surface area contributed by atoms with E-state index in [-0.39, 0.29) is 45.1 Å². The minimum atomic E-state index is -1.82. The van der Waals surface area contributed by atoms with Gasteiger partial charge in [-0.1, -0.05) is 100 Å². The first-order chi connectivity index (χ1) is 27.5. The van der Waals surface area contributed by atoms with Gasteiger partial charge >= 0.3 is 11.9 Å². The summed E-state index contributed by atoms with van der Waals surface area (Å²) < 4.78 is 0. The molecule has 4 N–H and O–H groups in total. The Bertz CT molecular complexity index is 1660. The number of benzene rings is 2. The van der Waals surface area contributed by atoms with E-state index < -0.39 is 11.9 Å². The maximum absolute atomic E-state index is 11.4. The van der Waals surface area contributed by atoms with Gasteiger partial charge in [0, 0.05) is 45.9 Å². The average Bonchev–Trinajstić information content (AvgIpc) is 3.15. The van der Waals surface area contributed by atoms with E-state index in [0.717, 1.165) is 99.8 Å². The number of aliphatic imine (C=N–C) groups is 2. The molecule has 341 valence electrons. The van der Waals surface area contributed by atoms with Crippen LogP contribution in [0.4, 0.5) is 0 Å². The molecule has 1 radical (unpaired) electrons. The van der Waals surface area contributed by atoms with E-state index in [9.17, 15) is 10.2 Å². The number of phenolic OH excluding ortho intramolecular Hbond substituents is 2. The summed E-state index contributed by atoms with van der Waals surface area (Å²) in [6.45, 7) is 26.6. The molecule has 0 heterocycles. The number of nitrogens with zero attached hydrogens (tertiary/aromatic N) is 4.